The maximum absolute atomic E-state index is 6.39. The van der Waals surface area contributed by atoms with E-state index in [1.807, 2.05) is 12.5 Å². The molecule has 2 fully saturated rings. The normalized spacial score (nSPS) is 32.8. The van der Waals surface area contributed by atoms with E-state index < -0.39 is 0 Å². The van der Waals surface area contributed by atoms with Crippen molar-refractivity contribution in [2.75, 3.05) is 0 Å². The van der Waals surface area contributed by atoms with Gasteiger partial charge in [0, 0.05) is 11.1 Å². The van der Waals surface area contributed by atoms with Crippen molar-refractivity contribution in [3.8, 4) is 11.3 Å². The Bertz CT molecular complexity index is 675. The summed E-state index contributed by atoms with van der Waals surface area (Å²) in [6, 6.07) is 8.79. The largest absolute Gasteiger partial charge is 0.325 e. The van der Waals surface area contributed by atoms with Gasteiger partial charge in [0.15, 0.2) is 0 Å². The van der Waals surface area contributed by atoms with Crippen LogP contribution in [0.15, 0.2) is 36.8 Å². The van der Waals surface area contributed by atoms with Gasteiger partial charge in [-0.2, -0.15) is 0 Å². The fraction of sp³-hybridized carbons (Fsp3) is 0.438. The number of nitrogens with two attached hydrogens (primary N) is 1. The molecular weight excluding hydrogens is 234 g/mol. The molecule has 1 aromatic heterocycles. The van der Waals surface area contributed by atoms with E-state index in [-0.39, 0.29) is 11.1 Å². The van der Waals surface area contributed by atoms with Gasteiger partial charge in [0.2, 0.25) is 0 Å². The zero-order valence-electron chi connectivity index (χ0n) is 10.8. The highest BCUT2D eigenvalue weighted by molar-refractivity contribution is 5.71. The zero-order chi connectivity index (χ0) is 12.7. The molecule has 2 aliphatic carbocycles. The molecule has 0 radical (unpaired) electrons. The summed E-state index contributed by atoms with van der Waals surface area (Å²) in [5, 5.41) is 0. The van der Waals surface area contributed by atoms with Gasteiger partial charge in [0.25, 0.3) is 0 Å². The highest BCUT2D eigenvalue weighted by Crippen LogP contribution is 2.62. The number of nitrogens with zero attached hydrogens (tertiary/aromatic N) is 2. The Labute approximate surface area is 112 Å². The van der Waals surface area contributed by atoms with Gasteiger partial charge in [-0.15, -0.1) is 0 Å². The molecule has 2 aromatic rings. The first-order valence-corrected chi connectivity index (χ1v) is 7.15. The number of rotatable bonds is 1. The number of imidazole rings is 1. The van der Waals surface area contributed by atoms with Gasteiger partial charge in [0.1, 0.15) is 0 Å². The van der Waals surface area contributed by atoms with Crippen LogP contribution in [0.5, 0.6) is 0 Å². The Morgan fingerprint density at radius 3 is 2.79 bits per heavy atom. The van der Waals surface area contributed by atoms with Crippen molar-refractivity contribution in [1.29, 1.82) is 0 Å². The molecule has 0 atom stereocenters. The van der Waals surface area contributed by atoms with Gasteiger partial charge in [-0.1, -0.05) is 24.3 Å². The van der Waals surface area contributed by atoms with Gasteiger partial charge >= 0.3 is 0 Å². The minimum absolute atomic E-state index is 0.155. The number of aromatic nitrogens is 2. The number of fused-ring (bicyclic) bond motifs is 5. The van der Waals surface area contributed by atoms with Crippen molar-refractivity contribution in [2.24, 2.45) is 11.7 Å². The predicted octanol–water partition coefficient (Wildman–Crippen LogP) is 2.51. The Hall–Kier alpha value is -1.61. The van der Waals surface area contributed by atoms with Crippen LogP contribution in [0, 0.1) is 5.92 Å². The van der Waals surface area contributed by atoms with E-state index in [0.717, 1.165) is 0 Å². The monoisotopic (exact) mass is 251 g/mol. The van der Waals surface area contributed by atoms with E-state index >= 15 is 0 Å². The lowest BCUT2D eigenvalue weighted by atomic mass is 9.61. The highest BCUT2D eigenvalue weighted by atomic mass is 15.2. The number of benzene rings is 1. The maximum atomic E-state index is 6.39. The van der Waals surface area contributed by atoms with Crippen LogP contribution >= 0.6 is 0 Å². The predicted molar refractivity (Wildman–Crippen MR) is 73.6 cm³/mol. The van der Waals surface area contributed by atoms with E-state index in [1.165, 1.54) is 42.5 Å². The van der Waals surface area contributed by atoms with E-state index in [1.54, 1.807) is 0 Å². The van der Waals surface area contributed by atoms with Crippen molar-refractivity contribution in [2.45, 2.75) is 36.8 Å². The second kappa shape index (κ2) is 2.93. The first-order valence-electron chi connectivity index (χ1n) is 7.15. The second-order valence-corrected chi connectivity index (χ2v) is 6.56. The topological polar surface area (TPSA) is 43.8 Å². The minimum Gasteiger partial charge on any atom is -0.325 e. The van der Waals surface area contributed by atoms with Gasteiger partial charge in [-0.05, 0) is 37.2 Å². The summed E-state index contributed by atoms with van der Waals surface area (Å²) >= 11 is 0. The molecule has 3 heteroatoms. The fourth-order valence-electron chi connectivity index (χ4n) is 4.21. The van der Waals surface area contributed by atoms with Crippen molar-refractivity contribution >= 4 is 0 Å². The molecule has 0 bridgehead atoms. The van der Waals surface area contributed by atoms with Crippen LogP contribution in [0.25, 0.3) is 11.3 Å². The summed E-state index contributed by atoms with van der Waals surface area (Å²) in [5.41, 5.74) is 10.8. The molecule has 1 spiro atoms. The van der Waals surface area contributed by atoms with Gasteiger partial charge < -0.3 is 10.3 Å². The molecule has 5 rings (SSSR count). The molecule has 1 aliphatic heterocycles. The van der Waals surface area contributed by atoms with Gasteiger partial charge in [-0.25, -0.2) is 4.98 Å². The van der Waals surface area contributed by atoms with E-state index in [2.05, 4.69) is 33.8 Å². The molecule has 0 unspecified atom stereocenters. The van der Waals surface area contributed by atoms with Crippen LogP contribution in [0.4, 0.5) is 0 Å². The summed E-state index contributed by atoms with van der Waals surface area (Å²) in [5.74, 6) is 0.689. The molecule has 1 aromatic carbocycles. The molecule has 96 valence electrons. The zero-order valence-corrected chi connectivity index (χ0v) is 10.8. The molecule has 0 saturated heterocycles. The van der Waals surface area contributed by atoms with Crippen LogP contribution in [-0.4, -0.2) is 15.1 Å². The Balaban J connectivity index is 1.65. The van der Waals surface area contributed by atoms with Crippen LogP contribution in [0.2, 0.25) is 0 Å². The lowest BCUT2D eigenvalue weighted by Crippen LogP contribution is -2.52. The third-order valence-corrected chi connectivity index (χ3v) is 5.61. The summed E-state index contributed by atoms with van der Waals surface area (Å²) in [7, 11) is 0. The molecule has 2 saturated carbocycles. The van der Waals surface area contributed by atoms with Crippen LogP contribution < -0.4 is 5.73 Å². The minimum atomic E-state index is 0.155. The molecule has 3 aliphatic rings. The second-order valence-electron chi connectivity index (χ2n) is 6.56. The Morgan fingerprint density at radius 2 is 2.00 bits per heavy atom. The molecule has 0 amide bonds. The highest BCUT2D eigenvalue weighted by Gasteiger charge is 2.60. The van der Waals surface area contributed by atoms with Crippen LogP contribution in [0.3, 0.4) is 0 Å². The molecule has 19 heavy (non-hydrogen) atoms. The van der Waals surface area contributed by atoms with Crippen molar-refractivity contribution in [3.05, 3.63) is 42.4 Å². The quantitative estimate of drug-likeness (QED) is 0.846. The molecule has 3 nitrogen and oxygen atoms in total. The molecule has 2 heterocycles. The van der Waals surface area contributed by atoms with Crippen molar-refractivity contribution in [1.82, 2.24) is 9.55 Å². The first kappa shape index (κ1) is 10.2. The van der Waals surface area contributed by atoms with Crippen molar-refractivity contribution < 1.29 is 0 Å². The summed E-state index contributed by atoms with van der Waals surface area (Å²) in [6.45, 7) is 0. The van der Waals surface area contributed by atoms with E-state index in [0.29, 0.717) is 5.92 Å². The average Bonchev–Trinajstić information content (AvgIpc) is 2.87. The van der Waals surface area contributed by atoms with Gasteiger partial charge in [-0.3, -0.25) is 0 Å². The van der Waals surface area contributed by atoms with E-state index in [4.69, 9.17) is 5.73 Å². The summed E-state index contributed by atoms with van der Waals surface area (Å²) in [6.07, 6.45) is 8.80. The van der Waals surface area contributed by atoms with Crippen LogP contribution in [-0.2, 0) is 5.54 Å². The molecular formula is C16H17N3. The smallest absolute Gasteiger partial charge is 0.0959 e. The third kappa shape index (κ3) is 1.07. The Kier molecular flexibility index (Phi) is 1.58. The summed E-state index contributed by atoms with van der Waals surface area (Å²) < 4.78 is 2.39. The van der Waals surface area contributed by atoms with Gasteiger partial charge in [0.05, 0.1) is 23.8 Å². The number of hydrogen-bond acceptors (Lipinski definition) is 2. The maximum Gasteiger partial charge on any atom is 0.0959 e. The number of hydrogen-bond donors (Lipinski definition) is 1. The lowest BCUT2D eigenvalue weighted by Gasteiger charge is -2.49. The molecule has 2 N–H and O–H groups in total. The van der Waals surface area contributed by atoms with Crippen molar-refractivity contribution in [3.63, 3.8) is 0 Å². The summed E-state index contributed by atoms with van der Waals surface area (Å²) in [4.78, 5) is 4.35. The lowest BCUT2D eigenvalue weighted by molar-refractivity contribution is 0.0865. The third-order valence-electron chi connectivity index (χ3n) is 5.61. The fourth-order valence-corrected chi connectivity index (χ4v) is 4.21. The standard InChI is InChI=1S/C16H17N3/c17-15(5-6-15)11-7-16(8-11)13-4-2-1-3-12(13)14-9-18-10-19(14)16/h1-4,9-11H,5-8,17H2. The first-order chi connectivity index (χ1) is 9.23. The SMILES string of the molecule is NC1(C2CC3(C2)c2ccccc2-c2cncn23)CC1. The van der Waals surface area contributed by atoms with Crippen LogP contribution in [0.1, 0.15) is 31.2 Å². The average molecular weight is 251 g/mol. The van der Waals surface area contributed by atoms with E-state index in [9.17, 15) is 0 Å². The Morgan fingerprint density at radius 1 is 1.21 bits per heavy atom.